The van der Waals surface area contributed by atoms with Crippen LogP contribution in [0.2, 0.25) is 0 Å². The Hall–Kier alpha value is -1.14. The summed E-state index contributed by atoms with van der Waals surface area (Å²) in [6, 6.07) is -0.811. The second-order valence-electron chi connectivity index (χ2n) is 2.66. The summed E-state index contributed by atoms with van der Waals surface area (Å²) in [7, 11) is 0. The molecule has 0 aromatic carbocycles. The number of hydrogen-bond acceptors (Lipinski definition) is 4. The average molecular weight is 188 g/mol. The Balaban J connectivity index is 3.51. The van der Waals surface area contributed by atoms with E-state index in [1.807, 2.05) is 0 Å². The molecule has 0 bridgehead atoms. The summed E-state index contributed by atoms with van der Waals surface area (Å²) in [5.41, 5.74) is 15.8. The number of nitrogens with two attached hydrogens (primary N) is 3. The summed E-state index contributed by atoms with van der Waals surface area (Å²) >= 11 is 0. The summed E-state index contributed by atoms with van der Waals surface area (Å²) in [4.78, 5) is 14.2. The first kappa shape index (κ1) is 11.9. The lowest BCUT2D eigenvalue weighted by Crippen LogP contribution is -2.30. The van der Waals surface area contributed by atoms with Crippen molar-refractivity contribution in [3.8, 4) is 0 Å². The molecule has 0 aromatic heterocycles. The zero-order valence-electron chi connectivity index (χ0n) is 7.44. The van der Waals surface area contributed by atoms with Gasteiger partial charge in [0.2, 0.25) is 0 Å². The molecule has 0 saturated heterocycles. The van der Waals surface area contributed by atoms with Crippen molar-refractivity contribution in [1.82, 2.24) is 0 Å². The quantitative estimate of drug-likeness (QED) is 0.229. The number of aliphatic imine (C=N–C) groups is 1. The zero-order chi connectivity index (χ0) is 10.3. The minimum absolute atomic E-state index is 0.227. The number of carboxylic acid groups (broad SMARTS) is 1. The third-order valence-electron chi connectivity index (χ3n) is 1.51. The first-order valence-corrected chi connectivity index (χ1v) is 4.05. The summed E-state index contributed by atoms with van der Waals surface area (Å²) in [6.45, 7) is 0.703. The monoisotopic (exact) mass is 188 g/mol. The molecule has 1 atom stereocenters. The third-order valence-corrected chi connectivity index (χ3v) is 1.51. The molecule has 0 aliphatic heterocycles. The van der Waals surface area contributed by atoms with E-state index in [-0.39, 0.29) is 6.54 Å². The van der Waals surface area contributed by atoms with E-state index in [9.17, 15) is 4.79 Å². The van der Waals surface area contributed by atoms with Crippen LogP contribution in [0.1, 0.15) is 12.8 Å². The predicted octanol–water partition coefficient (Wildman–Crippen LogP) is -1.51. The van der Waals surface area contributed by atoms with Crippen LogP contribution in [-0.2, 0) is 4.79 Å². The number of carbonyl (C=O) groups is 1. The fourth-order valence-corrected chi connectivity index (χ4v) is 0.722. The summed E-state index contributed by atoms with van der Waals surface area (Å²) < 4.78 is 0. The highest BCUT2D eigenvalue weighted by Gasteiger charge is 2.09. The van der Waals surface area contributed by atoms with Gasteiger partial charge in [0, 0.05) is 6.54 Å². The van der Waals surface area contributed by atoms with Crippen LogP contribution < -0.4 is 17.2 Å². The summed E-state index contributed by atoms with van der Waals surface area (Å²) in [6.07, 6.45) is 1.00. The maximum absolute atomic E-state index is 10.3. The lowest BCUT2D eigenvalue weighted by molar-refractivity contribution is -0.138. The molecule has 0 radical (unpaired) electrons. The van der Waals surface area contributed by atoms with E-state index in [0.717, 1.165) is 0 Å². The first-order chi connectivity index (χ1) is 6.07. The molecule has 6 heteroatoms. The zero-order valence-corrected chi connectivity index (χ0v) is 7.44. The van der Waals surface area contributed by atoms with Crippen molar-refractivity contribution in [3.05, 3.63) is 0 Å². The van der Waals surface area contributed by atoms with Crippen LogP contribution in [0.5, 0.6) is 0 Å². The highest BCUT2D eigenvalue weighted by atomic mass is 16.4. The molecule has 1 unspecified atom stereocenters. The molecule has 0 aromatic rings. The summed E-state index contributed by atoms with van der Waals surface area (Å²) in [5, 5.41) is 8.43. The van der Waals surface area contributed by atoms with Gasteiger partial charge in [0.1, 0.15) is 11.9 Å². The van der Waals surface area contributed by atoms with Gasteiger partial charge in [-0.05, 0) is 12.8 Å². The Kier molecular flexibility index (Phi) is 5.82. The number of carboxylic acids is 1. The predicted molar refractivity (Wildman–Crippen MR) is 50.4 cm³/mol. The van der Waals surface area contributed by atoms with Crippen molar-refractivity contribution in [1.29, 1.82) is 0 Å². The van der Waals surface area contributed by atoms with Gasteiger partial charge in [0.15, 0.2) is 0 Å². The van der Waals surface area contributed by atoms with E-state index in [1.54, 1.807) is 0 Å². The standard InChI is InChI=1S/C7H16N4O2/c8-4-6(10)11-3-1-2-5(9)7(12)13/h5H,1-4,8-9H2,(H2,10,11)(H,12,13). The molecule has 13 heavy (non-hydrogen) atoms. The normalized spacial score (nSPS) is 14.2. The molecule has 7 N–H and O–H groups in total. The van der Waals surface area contributed by atoms with Gasteiger partial charge in [-0.25, -0.2) is 0 Å². The molecular weight excluding hydrogens is 172 g/mol. The molecule has 0 saturated carbocycles. The summed E-state index contributed by atoms with van der Waals surface area (Å²) in [5.74, 6) is -0.611. The van der Waals surface area contributed by atoms with E-state index in [4.69, 9.17) is 22.3 Å². The fourth-order valence-electron chi connectivity index (χ4n) is 0.722. The molecule has 6 nitrogen and oxygen atoms in total. The number of aliphatic carboxylic acids is 1. The molecule has 0 aliphatic rings. The average Bonchev–Trinajstić information content (AvgIpc) is 2.11. The lowest BCUT2D eigenvalue weighted by atomic mass is 10.2. The first-order valence-electron chi connectivity index (χ1n) is 4.05. The van der Waals surface area contributed by atoms with Gasteiger partial charge in [-0.3, -0.25) is 9.79 Å². The van der Waals surface area contributed by atoms with Crippen molar-refractivity contribution < 1.29 is 9.90 Å². The van der Waals surface area contributed by atoms with Crippen LogP contribution in [0.25, 0.3) is 0 Å². The number of hydrogen-bond donors (Lipinski definition) is 4. The van der Waals surface area contributed by atoms with E-state index in [1.165, 1.54) is 0 Å². The van der Waals surface area contributed by atoms with Gasteiger partial charge in [-0.1, -0.05) is 0 Å². The van der Waals surface area contributed by atoms with E-state index < -0.39 is 12.0 Å². The van der Waals surface area contributed by atoms with E-state index in [0.29, 0.717) is 25.2 Å². The number of amidine groups is 1. The molecule has 0 fully saturated rings. The highest BCUT2D eigenvalue weighted by molar-refractivity contribution is 5.82. The number of rotatable bonds is 6. The third kappa shape index (κ3) is 6.06. The molecule has 0 heterocycles. The Labute approximate surface area is 76.8 Å². The van der Waals surface area contributed by atoms with Crippen LogP contribution in [0.4, 0.5) is 0 Å². The molecule has 76 valence electrons. The van der Waals surface area contributed by atoms with Crippen LogP contribution >= 0.6 is 0 Å². The van der Waals surface area contributed by atoms with Crippen LogP contribution in [0.3, 0.4) is 0 Å². The fraction of sp³-hybridized carbons (Fsp3) is 0.714. The van der Waals surface area contributed by atoms with Gasteiger partial charge in [-0.2, -0.15) is 0 Å². The second kappa shape index (κ2) is 6.38. The van der Waals surface area contributed by atoms with Gasteiger partial charge in [0.05, 0.1) is 6.54 Å². The van der Waals surface area contributed by atoms with Gasteiger partial charge in [0.25, 0.3) is 0 Å². The topological polar surface area (TPSA) is 128 Å². The Morgan fingerprint density at radius 3 is 2.62 bits per heavy atom. The van der Waals surface area contributed by atoms with Crippen molar-refractivity contribution in [2.45, 2.75) is 18.9 Å². The lowest BCUT2D eigenvalue weighted by Gasteiger charge is -2.03. The van der Waals surface area contributed by atoms with E-state index >= 15 is 0 Å². The van der Waals surface area contributed by atoms with Gasteiger partial charge >= 0.3 is 5.97 Å². The smallest absolute Gasteiger partial charge is 0.320 e. The molecular formula is C7H16N4O2. The molecule has 0 aliphatic carbocycles. The highest BCUT2D eigenvalue weighted by Crippen LogP contribution is 1.94. The van der Waals surface area contributed by atoms with Crippen molar-refractivity contribution in [2.24, 2.45) is 22.2 Å². The minimum Gasteiger partial charge on any atom is -0.480 e. The number of nitrogens with zero attached hydrogens (tertiary/aromatic N) is 1. The SMILES string of the molecule is NCC(N)=NCCCC(N)C(=O)O. The van der Waals surface area contributed by atoms with E-state index in [2.05, 4.69) is 4.99 Å². The van der Waals surface area contributed by atoms with Gasteiger partial charge < -0.3 is 22.3 Å². The minimum atomic E-state index is -0.990. The second-order valence-corrected chi connectivity index (χ2v) is 2.66. The molecule has 0 amide bonds. The van der Waals surface area contributed by atoms with Crippen molar-refractivity contribution >= 4 is 11.8 Å². The Bertz CT molecular complexity index is 193. The molecule has 0 spiro atoms. The van der Waals surface area contributed by atoms with Gasteiger partial charge in [-0.15, -0.1) is 0 Å². The van der Waals surface area contributed by atoms with Crippen LogP contribution in [-0.4, -0.2) is 36.0 Å². The van der Waals surface area contributed by atoms with Crippen molar-refractivity contribution in [2.75, 3.05) is 13.1 Å². The maximum atomic E-state index is 10.3. The Morgan fingerprint density at radius 1 is 1.54 bits per heavy atom. The largest absolute Gasteiger partial charge is 0.480 e. The van der Waals surface area contributed by atoms with Crippen LogP contribution in [0, 0.1) is 0 Å². The van der Waals surface area contributed by atoms with Crippen LogP contribution in [0.15, 0.2) is 4.99 Å². The Morgan fingerprint density at radius 2 is 2.15 bits per heavy atom. The maximum Gasteiger partial charge on any atom is 0.320 e. The van der Waals surface area contributed by atoms with Crippen molar-refractivity contribution in [3.63, 3.8) is 0 Å². The molecule has 0 rings (SSSR count).